The number of hydrogen-bond donors (Lipinski definition) is 2. The van der Waals surface area contributed by atoms with E-state index in [0.717, 1.165) is 11.3 Å². The van der Waals surface area contributed by atoms with E-state index in [9.17, 15) is 4.79 Å². The molecule has 106 valence electrons. The molecule has 0 spiro atoms. The number of para-hydroxylation sites is 1. The van der Waals surface area contributed by atoms with Crippen molar-refractivity contribution in [1.82, 2.24) is 15.1 Å². The van der Waals surface area contributed by atoms with Gasteiger partial charge in [-0.3, -0.25) is 4.79 Å². The van der Waals surface area contributed by atoms with E-state index in [2.05, 4.69) is 10.4 Å². The molecule has 20 heavy (non-hydrogen) atoms. The molecule has 6 heteroatoms. The first-order valence-electron chi connectivity index (χ1n) is 6.32. The van der Waals surface area contributed by atoms with Gasteiger partial charge in [0, 0.05) is 26.0 Å². The maximum Gasteiger partial charge on any atom is 0.239 e. The molecule has 0 bridgehead atoms. The highest BCUT2D eigenvalue weighted by molar-refractivity contribution is 5.81. The summed E-state index contributed by atoms with van der Waals surface area (Å²) in [6.45, 7) is 0.596. The summed E-state index contributed by atoms with van der Waals surface area (Å²) in [5.41, 5.74) is 7.57. The predicted molar refractivity (Wildman–Crippen MR) is 75.3 cm³/mol. The van der Waals surface area contributed by atoms with E-state index < -0.39 is 6.04 Å². The number of hydrogen-bond acceptors (Lipinski definition) is 4. The number of benzene rings is 1. The van der Waals surface area contributed by atoms with Crippen molar-refractivity contribution in [2.75, 3.05) is 13.7 Å². The maximum absolute atomic E-state index is 11.8. The van der Waals surface area contributed by atoms with Crippen molar-refractivity contribution in [1.29, 1.82) is 0 Å². The highest BCUT2D eigenvalue weighted by Gasteiger charge is 2.13. The van der Waals surface area contributed by atoms with Gasteiger partial charge in [0.1, 0.15) is 6.04 Å². The van der Waals surface area contributed by atoms with Gasteiger partial charge in [0.2, 0.25) is 5.91 Å². The van der Waals surface area contributed by atoms with Crippen LogP contribution in [-0.4, -0.2) is 35.4 Å². The van der Waals surface area contributed by atoms with Crippen LogP contribution in [0.15, 0.2) is 42.7 Å². The standard InChI is InChI=1S/C14H18N4O2/c1-20-10-12(15)14(19)16-9-11-5-2-3-6-13(11)18-8-4-7-17-18/h2-8,12H,9-10,15H2,1H3,(H,16,19). The molecule has 6 nitrogen and oxygen atoms in total. The van der Waals surface area contributed by atoms with Gasteiger partial charge in [-0.2, -0.15) is 5.10 Å². The molecule has 1 unspecified atom stereocenters. The Morgan fingerprint density at radius 2 is 2.25 bits per heavy atom. The highest BCUT2D eigenvalue weighted by atomic mass is 16.5. The third-order valence-corrected chi connectivity index (χ3v) is 2.88. The van der Waals surface area contributed by atoms with E-state index in [4.69, 9.17) is 10.5 Å². The summed E-state index contributed by atoms with van der Waals surface area (Å²) in [4.78, 5) is 11.8. The summed E-state index contributed by atoms with van der Waals surface area (Å²) in [6, 6.07) is 8.94. The Morgan fingerprint density at radius 3 is 2.95 bits per heavy atom. The molecule has 3 N–H and O–H groups in total. The van der Waals surface area contributed by atoms with Gasteiger partial charge in [0.15, 0.2) is 0 Å². The average molecular weight is 274 g/mol. The summed E-state index contributed by atoms with van der Waals surface area (Å²) in [5, 5.41) is 7.00. The highest BCUT2D eigenvalue weighted by Crippen LogP contribution is 2.13. The van der Waals surface area contributed by atoms with Crippen LogP contribution < -0.4 is 11.1 Å². The summed E-state index contributed by atoms with van der Waals surface area (Å²) in [6.07, 6.45) is 3.57. The second kappa shape index (κ2) is 6.83. The number of methoxy groups -OCH3 is 1. The SMILES string of the molecule is COCC(N)C(=O)NCc1ccccc1-n1cccn1. The Morgan fingerprint density at radius 1 is 1.45 bits per heavy atom. The number of amides is 1. The molecule has 0 aliphatic heterocycles. The van der Waals surface area contributed by atoms with Crippen LogP contribution in [0.1, 0.15) is 5.56 Å². The fraction of sp³-hybridized carbons (Fsp3) is 0.286. The number of ether oxygens (including phenoxy) is 1. The largest absolute Gasteiger partial charge is 0.383 e. The molecule has 0 aliphatic carbocycles. The molecular weight excluding hydrogens is 256 g/mol. The maximum atomic E-state index is 11.8. The van der Waals surface area contributed by atoms with E-state index in [-0.39, 0.29) is 12.5 Å². The number of nitrogens with zero attached hydrogens (tertiary/aromatic N) is 2. The van der Waals surface area contributed by atoms with Crippen molar-refractivity contribution < 1.29 is 9.53 Å². The van der Waals surface area contributed by atoms with Crippen LogP contribution in [0.3, 0.4) is 0 Å². The van der Waals surface area contributed by atoms with Gasteiger partial charge in [0.05, 0.1) is 12.3 Å². The van der Waals surface area contributed by atoms with Crippen molar-refractivity contribution in [3.8, 4) is 5.69 Å². The molecule has 0 saturated heterocycles. The Balaban J connectivity index is 2.05. The fourth-order valence-electron chi connectivity index (χ4n) is 1.86. The van der Waals surface area contributed by atoms with Gasteiger partial charge in [0.25, 0.3) is 0 Å². The van der Waals surface area contributed by atoms with Crippen molar-refractivity contribution in [3.05, 3.63) is 48.3 Å². The van der Waals surface area contributed by atoms with Gasteiger partial charge in [-0.1, -0.05) is 18.2 Å². The Kier molecular flexibility index (Phi) is 4.86. The third kappa shape index (κ3) is 3.43. The van der Waals surface area contributed by atoms with Gasteiger partial charge >= 0.3 is 0 Å². The van der Waals surface area contributed by atoms with E-state index in [1.54, 1.807) is 10.9 Å². The van der Waals surface area contributed by atoms with Crippen LogP contribution in [0.4, 0.5) is 0 Å². The molecule has 0 fully saturated rings. The predicted octanol–water partition coefficient (Wildman–Crippen LogP) is 0.462. The second-order valence-corrected chi connectivity index (χ2v) is 4.36. The lowest BCUT2D eigenvalue weighted by atomic mass is 10.1. The van der Waals surface area contributed by atoms with Crippen molar-refractivity contribution in [3.63, 3.8) is 0 Å². The molecule has 1 aromatic heterocycles. The molecule has 1 amide bonds. The Labute approximate surface area is 117 Å². The fourth-order valence-corrected chi connectivity index (χ4v) is 1.86. The lowest BCUT2D eigenvalue weighted by molar-refractivity contribution is -0.123. The van der Waals surface area contributed by atoms with Crippen LogP contribution in [0, 0.1) is 0 Å². The van der Waals surface area contributed by atoms with Crippen LogP contribution >= 0.6 is 0 Å². The number of nitrogens with two attached hydrogens (primary N) is 1. The molecule has 1 atom stereocenters. The molecule has 0 radical (unpaired) electrons. The number of rotatable bonds is 6. The number of aromatic nitrogens is 2. The lowest BCUT2D eigenvalue weighted by Gasteiger charge is -2.13. The van der Waals surface area contributed by atoms with Gasteiger partial charge in [-0.05, 0) is 17.7 Å². The van der Waals surface area contributed by atoms with Gasteiger partial charge in [-0.15, -0.1) is 0 Å². The quantitative estimate of drug-likeness (QED) is 0.802. The first kappa shape index (κ1) is 14.2. The van der Waals surface area contributed by atoms with Crippen molar-refractivity contribution in [2.45, 2.75) is 12.6 Å². The zero-order valence-electron chi connectivity index (χ0n) is 11.3. The minimum absolute atomic E-state index is 0.201. The van der Waals surface area contributed by atoms with Gasteiger partial charge in [-0.25, -0.2) is 4.68 Å². The summed E-state index contributed by atoms with van der Waals surface area (Å²) >= 11 is 0. The summed E-state index contributed by atoms with van der Waals surface area (Å²) < 4.78 is 6.62. The number of carbonyl (C=O) groups is 1. The van der Waals surface area contributed by atoms with Crippen molar-refractivity contribution in [2.24, 2.45) is 5.73 Å². The second-order valence-electron chi connectivity index (χ2n) is 4.36. The zero-order valence-corrected chi connectivity index (χ0v) is 11.3. The average Bonchev–Trinajstić information content (AvgIpc) is 2.99. The van der Waals surface area contributed by atoms with E-state index in [0.29, 0.717) is 6.54 Å². The minimum atomic E-state index is -0.656. The monoisotopic (exact) mass is 274 g/mol. The minimum Gasteiger partial charge on any atom is -0.383 e. The van der Waals surface area contributed by atoms with Crippen LogP contribution in [0.5, 0.6) is 0 Å². The van der Waals surface area contributed by atoms with E-state index in [1.165, 1.54) is 7.11 Å². The first-order valence-corrected chi connectivity index (χ1v) is 6.32. The zero-order chi connectivity index (χ0) is 14.4. The van der Waals surface area contributed by atoms with Gasteiger partial charge < -0.3 is 15.8 Å². The van der Waals surface area contributed by atoms with Crippen LogP contribution in [-0.2, 0) is 16.1 Å². The molecule has 2 rings (SSSR count). The Bertz CT molecular complexity index is 554. The smallest absolute Gasteiger partial charge is 0.239 e. The van der Waals surface area contributed by atoms with Crippen LogP contribution in [0.2, 0.25) is 0 Å². The van der Waals surface area contributed by atoms with Crippen LogP contribution in [0.25, 0.3) is 5.69 Å². The number of nitrogens with one attached hydrogen (secondary N) is 1. The third-order valence-electron chi connectivity index (χ3n) is 2.88. The van der Waals surface area contributed by atoms with E-state index in [1.807, 2.05) is 36.5 Å². The molecular formula is C14H18N4O2. The normalized spacial score (nSPS) is 12.1. The summed E-state index contributed by atoms with van der Waals surface area (Å²) in [5.74, 6) is -0.234. The summed E-state index contributed by atoms with van der Waals surface area (Å²) in [7, 11) is 1.51. The molecule has 2 aromatic rings. The molecule has 1 heterocycles. The number of carbonyl (C=O) groups excluding carboxylic acids is 1. The topological polar surface area (TPSA) is 82.2 Å². The lowest BCUT2D eigenvalue weighted by Crippen LogP contribution is -2.43. The molecule has 1 aromatic carbocycles. The molecule has 0 saturated carbocycles. The first-order chi connectivity index (χ1) is 9.72. The van der Waals surface area contributed by atoms with Crippen molar-refractivity contribution >= 4 is 5.91 Å². The molecule has 0 aliphatic rings. The van der Waals surface area contributed by atoms with E-state index >= 15 is 0 Å². The Hall–Kier alpha value is -2.18.